The zero-order valence-corrected chi connectivity index (χ0v) is 15.3. The summed E-state index contributed by atoms with van der Waals surface area (Å²) in [5.74, 6) is -0.757. The van der Waals surface area contributed by atoms with E-state index in [9.17, 15) is 9.90 Å². The summed E-state index contributed by atoms with van der Waals surface area (Å²) in [5, 5.41) is 14.3. The number of nitrogens with one attached hydrogen (secondary N) is 1. The highest BCUT2D eigenvalue weighted by Crippen LogP contribution is 2.28. The molecule has 0 bridgehead atoms. The maximum absolute atomic E-state index is 11.4. The molecule has 0 aliphatic rings. The van der Waals surface area contributed by atoms with Crippen LogP contribution in [0.3, 0.4) is 0 Å². The molecule has 0 saturated carbocycles. The van der Waals surface area contributed by atoms with Gasteiger partial charge < -0.3 is 10.4 Å². The van der Waals surface area contributed by atoms with Gasteiger partial charge in [-0.1, -0.05) is 6.07 Å². The lowest BCUT2D eigenvalue weighted by molar-refractivity contribution is 0.0693. The van der Waals surface area contributed by atoms with Gasteiger partial charge in [-0.3, -0.25) is 4.98 Å². The first-order valence-corrected chi connectivity index (χ1v) is 7.61. The van der Waals surface area contributed by atoms with Gasteiger partial charge in [0.05, 0.1) is 22.0 Å². The summed E-state index contributed by atoms with van der Waals surface area (Å²) in [7, 11) is 0. The largest absolute Gasteiger partial charge is 0.476 e. The van der Waals surface area contributed by atoms with E-state index in [2.05, 4.69) is 20.3 Å². The van der Waals surface area contributed by atoms with Crippen LogP contribution in [0.15, 0.2) is 29.8 Å². The van der Waals surface area contributed by atoms with Crippen molar-refractivity contribution in [3.8, 4) is 0 Å². The Labute approximate surface area is 155 Å². The number of thiophene rings is 1. The third-order valence-corrected chi connectivity index (χ3v) is 4.37. The Hall–Kier alpha value is -1.96. The van der Waals surface area contributed by atoms with Gasteiger partial charge in [0.1, 0.15) is 0 Å². The molecule has 0 unspecified atom stereocenters. The summed E-state index contributed by atoms with van der Waals surface area (Å²) in [6, 6.07) is 5.51. The van der Waals surface area contributed by atoms with E-state index in [0.717, 1.165) is 11.3 Å². The minimum atomic E-state index is -1.05. The predicted molar refractivity (Wildman–Crippen MR) is 99.9 cm³/mol. The average Bonchev–Trinajstić information content (AvgIpc) is 2.89. The van der Waals surface area contributed by atoms with Crippen LogP contribution in [0.5, 0.6) is 0 Å². The Morgan fingerprint density at radius 2 is 2.04 bits per heavy atom. The molecule has 9 heteroatoms. The van der Waals surface area contributed by atoms with E-state index in [0.29, 0.717) is 16.2 Å². The molecule has 0 fully saturated rings. The summed E-state index contributed by atoms with van der Waals surface area (Å²) in [5.41, 5.74) is 2.48. The molecule has 0 aromatic carbocycles. The molecule has 0 aliphatic carbocycles. The highest BCUT2D eigenvalue weighted by Gasteiger charge is 2.18. The zero-order chi connectivity index (χ0) is 15.7. The molecule has 0 spiro atoms. The van der Waals surface area contributed by atoms with Gasteiger partial charge in [0.15, 0.2) is 5.69 Å². The lowest BCUT2D eigenvalue weighted by Gasteiger charge is -2.13. The normalized spacial score (nSPS) is 11.2. The Kier molecular flexibility index (Phi) is 6.89. The maximum atomic E-state index is 11.4. The van der Waals surface area contributed by atoms with E-state index < -0.39 is 5.97 Å². The van der Waals surface area contributed by atoms with Gasteiger partial charge in [0.2, 0.25) is 5.95 Å². The van der Waals surface area contributed by atoms with Crippen molar-refractivity contribution in [2.75, 3.05) is 5.32 Å². The van der Waals surface area contributed by atoms with Crippen molar-refractivity contribution in [2.45, 2.75) is 19.9 Å². The number of nitrogens with zero attached hydrogens (tertiary/aromatic N) is 3. The van der Waals surface area contributed by atoms with Crippen molar-refractivity contribution >= 4 is 58.3 Å². The fourth-order valence-electron chi connectivity index (χ4n) is 2.14. The number of aromatic carboxylic acids is 1. The molecule has 0 aliphatic heterocycles. The van der Waals surface area contributed by atoms with Crippen LogP contribution < -0.4 is 5.32 Å². The second kappa shape index (κ2) is 8.23. The smallest absolute Gasteiger partial charge is 0.356 e. The van der Waals surface area contributed by atoms with Gasteiger partial charge >= 0.3 is 5.97 Å². The average molecular weight is 387 g/mol. The number of fused-ring (bicyclic) bond motifs is 1. The molecule has 3 aromatic heterocycles. The van der Waals surface area contributed by atoms with E-state index in [4.69, 9.17) is 0 Å². The molecule has 0 amide bonds. The van der Waals surface area contributed by atoms with Gasteiger partial charge in [0, 0.05) is 6.20 Å². The number of aromatic nitrogens is 3. The Balaban J connectivity index is 0.00000144. The Morgan fingerprint density at radius 3 is 2.67 bits per heavy atom. The number of carboxylic acids is 1. The van der Waals surface area contributed by atoms with Crippen LogP contribution in [0.2, 0.25) is 0 Å². The SMILES string of the molecule is Cc1csc2c(C(=O)O)nc(N[C@@H](C)c3ccccn3)nc12.Cl.Cl. The third kappa shape index (κ3) is 3.92. The van der Waals surface area contributed by atoms with Crippen molar-refractivity contribution < 1.29 is 9.90 Å². The number of hydrogen-bond acceptors (Lipinski definition) is 6. The molecule has 128 valence electrons. The van der Waals surface area contributed by atoms with Crippen LogP contribution in [0.25, 0.3) is 10.2 Å². The number of rotatable bonds is 4. The highest BCUT2D eigenvalue weighted by molar-refractivity contribution is 7.17. The van der Waals surface area contributed by atoms with E-state index in [1.807, 2.05) is 37.4 Å². The highest BCUT2D eigenvalue weighted by atomic mass is 35.5. The fourth-order valence-corrected chi connectivity index (χ4v) is 3.11. The Bertz CT molecular complexity index is 842. The quantitative estimate of drug-likeness (QED) is 0.701. The van der Waals surface area contributed by atoms with Gasteiger partial charge in [-0.2, -0.15) is 0 Å². The molecular formula is C15H16Cl2N4O2S. The second-order valence-corrected chi connectivity index (χ2v) is 5.80. The van der Waals surface area contributed by atoms with Crippen molar-refractivity contribution in [2.24, 2.45) is 0 Å². The Morgan fingerprint density at radius 1 is 1.29 bits per heavy atom. The molecule has 3 heterocycles. The van der Waals surface area contributed by atoms with Crippen LogP contribution in [0, 0.1) is 6.92 Å². The molecular weight excluding hydrogens is 371 g/mol. The first-order valence-electron chi connectivity index (χ1n) is 6.73. The van der Waals surface area contributed by atoms with Crippen LogP contribution in [0.4, 0.5) is 5.95 Å². The molecule has 0 radical (unpaired) electrons. The maximum Gasteiger partial charge on any atom is 0.356 e. The molecule has 6 nitrogen and oxygen atoms in total. The summed E-state index contributed by atoms with van der Waals surface area (Å²) in [6.07, 6.45) is 1.71. The molecule has 2 N–H and O–H groups in total. The van der Waals surface area contributed by atoms with Gasteiger partial charge in [-0.15, -0.1) is 36.2 Å². The van der Waals surface area contributed by atoms with E-state index in [-0.39, 0.29) is 36.5 Å². The van der Waals surface area contributed by atoms with E-state index in [1.165, 1.54) is 11.3 Å². The molecule has 0 saturated heterocycles. The lowest BCUT2D eigenvalue weighted by Crippen LogP contribution is -2.13. The van der Waals surface area contributed by atoms with Crippen molar-refractivity contribution in [3.05, 3.63) is 46.7 Å². The van der Waals surface area contributed by atoms with Crippen LogP contribution in [-0.2, 0) is 0 Å². The van der Waals surface area contributed by atoms with Crippen LogP contribution in [-0.4, -0.2) is 26.0 Å². The minimum Gasteiger partial charge on any atom is -0.476 e. The third-order valence-electron chi connectivity index (χ3n) is 3.27. The summed E-state index contributed by atoms with van der Waals surface area (Å²) >= 11 is 1.35. The fraction of sp³-hybridized carbons (Fsp3) is 0.200. The number of halogens is 2. The van der Waals surface area contributed by atoms with Gasteiger partial charge in [-0.25, -0.2) is 14.8 Å². The molecule has 3 rings (SSSR count). The van der Waals surface area contributed by atoms with Gasteiger partial charge in [0.25, 0.3) is 0 Å². The van der Waals surface area contributed by atoms with Crippen molar-refractivity contribution in [3.63, 3.8) is 0 Å². The summed E-state index contributed by atoms with van der Waals surface area (Å²) < 4.78 is 0.598. The number of pyridine rings is 1. The number of aryl methyl sites for hydroxylation is 1. The summed E-state index contributed by atoms with van der Waals surface area (Å²) in [4.78, 5) is 24.3. The monoisotopic (exact) mass is 386 g/mol. The van der Waals surface area contributed by atoms with Gasteiger partial charge in [-0.05, 0) is 36.9 Å². The number of carbonyl (C=O) groups is 1. The van der Waals surface area contributed by atoms with Crippen LogP contribution >= 0.6 is 36.2 Å². The van der Waals surface area contributed by atoms with Crippen LogP contribution in [0.1, 0.15) is 34.7 Å². The standard InChI is InChI=1S/C15H14N4O2S.2ClH/c1-8-7-22-13-11(8)18-15(19-12(13)14(20)21)17-9(2)10-5-3-4-6-16-10;;/h3-7,9H,1-2H3,(H,20,21)(H,17,18,19);2*1H/t9-;;/m0../s1. The predicted octanol–water partition coefficient (Wildman–Crippen LogP) is 4.11. The second-order valence-electron chi connectivity index (χ2n) is 4.92. The zero-order valence-electron chi connectivity index (χ0n) is 12.9. The number of carboxylic acid groups (broad SMARTS) is 1. The number of anilines is 1. The first kappa shape index (κ1) is 20.1. The first-order chi connectivity index (χ1) is 10.6. The van der Waals surface area contributed by atoms with Crippen molar-refractivity contribution in [1.82, 2.24) is 15.0 Å². The summed E-state index contributed by atoms with van der Waals surface area (Å²) in [6.45, 7) is 3.83. The van der Waals surface area contributed by atoms with E-state index >= 15 is 0 Å². The lowest BCUT2D eigenvalue weighted by atomic mass is 10.2. The number of hydrogen-bond donors (Lipinski definition) is 2. The van der Waals surface area contributed by atoms with E-state index in [1.54, 1.807) is 6.20 Å². The molecule has 3 aromatic rings. The van der Waals surface area contributed by atoms with Crippen molar-refractivity contribution in [1.29, 1.82) is 0 Å². The minimum absolute atomic E-state index is 0. The molecule has 1 atom stereocenters. The molecule has 24 heavy (non-hydrogen) atoms. The topological polar surface area (TPSA) is 88.0 Å².